The molecule has 2 aromatic rings. The van der Waals surface area contributed by atoms with Gasteiger partial charge in [-0.05, 0) is 38.5 Å². The molecule has 3 heterocycles. The molecule has 0 radical (unpaired) electrons. The van der Waals surface area contributed by atoms with Crippen LogP contribution in [0.2, 0.25) is 0 Å². The highest BCUT2D eigenvalue weighted by molar-refractivity contribution is 5.96. The number of rotatable bonds is 2. The SMILES string of the molecule is Cc1cc(C(=O)N2CC[C@H](O)C2)c(C)n1-c1ccccn1. The first-order valence-electron chi connectivity index (χ1n) is 7.15. The number of aromatic nitrogens is 2. The number of likely N-dealkylation sites (tertiary alicyclic amines) is 1. The maximum absolute atomic E-state index is 12.6. The van der Waals surface area contributed by atoms with Gasteiger partial charge < -0.3 is 14.6 Å². The van der Waals surface area contributed by atoms with Crippen LogP contribution in [0.4, 0.5) is 0 Å². The van der Waals surface area contributed by atoms with Gasteiger partial charge >= 0.3 is 0 Å². The Morgan fingerprint density at radius 1 is 1.38 bits per heavy atom. The largest absolute Gasteiger partial charge is 0.391 e. The number of pyridine rings is 1. The molecule has 1 atom stereocenters. The second kappa shape index (κ2) is 5.33. The predicted molar refractivity (Wildman–Crippen MR) is 79.6 cm³/mol. The number of β-amino-alcohol motifs (C(OH)–C–C–N with tert-alkyl or cyclic N) is 1. The number of amides is 1. The molecular weight excluding hydrogens is 266 g/mol. The number of aliphatic hydroxyl groups is 1. The van der Waals surface area contributed by atoms with E-state index in [1.165, 1.54) is 0 Å². The maximum atomic E-state index is 12.6. The van der Waals surface area contributed by atoms with E-state index in [2.05, 4.69) is 4.98 Å². The van der Waals surface area contributed by atoms with E-state index in [1.54, 1.807) is 11.1 Å². The Morgan fingerprint density at radius 2 is 2.19 bits per heavy atom. The molecule has 1 N–H and O–H groups in total. The van der Waals surface area contributed by atoms with Crippen LogP contribution >= 0.6 is 0 Å². The van der Waals surface area contributed by atoms with Crippen molar-refractivity contribution in [3.63, 3.8) is 0 Å². The van der Waals surface area contributed by atoms with Gasteiger partial charge in [-0.3, -0.25) is 4.79 Å². The van der Waals surface area contributed by atoms with Crippen LogP contribution < -0.4 is 0 Å². The minimum atomic E-state index is -0.395. The van der Waals surface area contributed by atoms with Gasteiger partial charge in [0.05, 0.1) is 11.7 Å². The minimum absolute atomic E-state index is 0.0122. The van der Waals surface area contributed by atoms with Crippen LogP contribution in [0.1, 0.15) is 28.2 Å². The third-order valence-electron chi connectivity index (χ3n) is 3.99. The van der Waals surface area contributed by atoms with Gasteiger partial charge in [0.1, 0.15) is 5.82 Å². The lowest BCUT2D eigenvalue weighted by atomic mass is 10.2. The van der Waals surface area contributed by atoms with Gasteiger partial charge in [-0.25, -0.2) is 4.98 Å². The molecule has 0 aliphatic carbocycles. The Labute approximate surface area is 123 Å². The van der Waals surface area contributed by atoms with Crippen molar-refractivity contribution in [2.75, 3.05) is 13.1 Å². The van der Waals surface area contributed by atoms with E-state index >= 15 is 0 Å². The molecule has 3 rings (SSSR count). The normalized spacial score (nSPS) is 18.2. The van der Waals surface area contributed by atoms with Crippen LogP contribution in [0.25, 0.3) is 5.82 Å². The molecule has 0 bridgehead atoms. The number of aliphatic hydroxyl groups excluding tert-OH is 1. The Kier molecular flexibility index (Phi) is 3.51. The molecule has 0 saturated carbocycles. The number of carbonyl (C=O) groups excluding carboxylic acids is 1. The third-order valence-corrected chi connectivity index (χ3v) is 3.99. The van der Waals surface area contributed by atoms with Crippen molar-refractivity contribution in [2.45, 2.75) is 26.4 Å². The Morgan fingerprint density at radius 3 is 2.81 bits per heavy atom. The van der Waals surface area contributed by atoms with E-state index in [1.807, 2.05) is 42.7 Å². The highest BCUT2D eigenvalue weighted by Crippen LogP contribution is 2.22. The monoisotopic (exact) mass is 285 g/mol. The first-order valence-corrected chi connectivity index (χ1v) is 7.15. The summed E-state index contributed by atoms with van der Waals surface area (Å²) in [5.41, 5.74) is 2.55. The molecular formula is C16H19N3O2. The molecule has 1 fully saturated rings. The van der Waals surface area contributed by atoms with Crippen molar-refractivity contribution in [3.05, 3.63) is 47.4 Å². The van der Waals surface area contributed by atoms with Crippen LogP contribution in [0, 0.1) is 13.8 Å². The minimum Gasteiger partial charge on any atom is -0.391 e. The van der Waals surface area contributed by atoms with Crippen LogP contribution in [0.15, 0.2) is 30.5 Å². The Hall–Kier alpha value is -2.14. The zero-order chi connectivity index (χ0) is 15.0. The fraction of sp³-hybridized carbons (Fsp3) is 0.375. The molecule has 5 nitrogen and oxygen atoms in total. The van der Waals surface area contributed by atoms with Crippen LogP contribution in [0.5, 0.6) is 0 Å². The number of hydrogen-bond acceptors (Lipinski definition) is 3. The molecule has 2 aromatic heterocycles. The molecule has 0 unspecified atom stereocenters. The lowest BCUT2D eigenvalue weighted by Crippen LogP contribution is -2.29. The van der Waals surface area contributed by atoms with Gasteiger partial charge in [0, 0.05) is 30.7 Å². The van der Waals surface area contributed by atoms with E-state index in [9.17, 15) is 9.90 Å². The summed E-state index contributed by atoms with van der Waals surface area (Å²) in [6.45, 7) is 4.94. The summed E-state index contributed by atoms with van der Waals surface area (Å²) in [7, 11) is 0. The van der Waals surface area contributed by atoms with E-state index < -0.39 is 6.10 Å². The second-order valence-electron chi connectivity index (χ2n) is 5.50. The van der Waals surface area contributed by atoms with Gasteiger partial charge in [0.25, 0.3) is 5.91 Å². The Balaban J connectivity index is 1.97. The fourth-order valence-corrected chi connectivity index (χ4v) is 2.91. The maximum Gasteiger partial charge on any atom is 0.255 e. The molecule has 1 aliphatic rings. The summed E-state index contributed by atoms with van der Waals surface area (Å²) in [6.07, 6.45) is 2.00. The highest BCUT2D eigenvalue weighted by atomic mass is 16.3. The summed E-state index contributed by atoms with van der Waals surface area (Å²) in [5.74, 6) is 0.801. The average molecular weight is 285 g/mol. The summed E-state index contributed by atoms with van der Waals surface area (Å²) >= 11 is 0. The van der Waals surface area contributed by atoms with Gasteiger partial charge in [-0.2, -0.15) is 0 Å². The number of aryl methyl sites for hydroxylation is 1. The number of hydrogen-bond donors (Lipinski definition) is 1. The van der Waals surface area contributed by atoms with Crippen molar-refractivity contribution < 1.29 is 9.90 Å². The molecule has 21 heavy (non-hydrogen) atoms. The van der Waals surface area contributed by atoms with Crippen LogP contribution in [0.3, 0.4) is 0 Å². The topological polar surface area (TPSA) is 58.4 Å². The van der Waals surface area contributed by atoms with E-state index in [4.69, 9.17) is 0 Å². The van der Waals surface area contributed by atoms with Crippen molar-refractivity contribution in [3.8, 4) is 5.82 Å². The average Bonchev–Trinajstić information content (AvgIpc) is 3.03. The highest BCUT2D eigenvalue weighted by Gasteiger charge is 2.28. The fourth-order valence-electron chi connectivity index (χ4n) is 2.91. The number of nitrogens with zero attached hydrogens (tertiary/aromatic N) is 3. The standard InChI is InChI=1S/C16H19N3O2/c1-11-9-14(16(21)18-8-6-13(20)10-18)12(2)19(11)15-5-3-4-7-17-15/h3-5,7,9,13,20H,6,8,10H2,1-2H3/t13-/m0/s1. The van der Waals surface area contributed by atoms with Crippen molar-refractivity contribution in [2.24, 2.45) is 0 Å². The van der Waals surface area contributed by atoms with Crippen LogP contribution in [-0.2, 0) is 0 Å². The van der Waals surface area contributed by atoms with E-state index in [-0.39, 0.29) is 5.91 Å². The lowest BCUT2D eigenvalue weighted by Gasteiger charge is -2.15. The smallest absolute Gasteiger partial charge is 0.255 e. The van der Waals surface area contributed by atoms with Gasteiger partial charge in [0.15, 0.2) is 0 Å². The zero-order valence-electron chi connectivity index (χ0n) is 12.3. The predicted octanol–water partition coefficient (Wildman–Crippen LogP) is 1.70. The quantitative estimate of drug-likeness (QED) is 0.913. The van der Waals surface area contributed by atoms with E-state index in [0.717, 1.165) is 17.2 Å². The second-order valence-corrected chi connectivity index (χ2v) is 5.50. The third kappa shape index (κ3) is 2.45. The Bertz CT molecular complexity index is 664. The van der Waals surface area contributed by atoms with Crippen LogP contribution in [-0.4, -0.2) is 44.7 Å². The van der Waals surface area contributed by atoms with E-state index in [0.29, 0.717) is 25.1 Å². The van der Waals surface area contributed by atoms with Crippen molar-refractivity contribution in [1.29, 1.82) is 0 Å². The molecule has 0 spiro atoms. The molecule has 1 amide bonds. The summed E-state index contributed by atoms with van der Waals surface area (Å²) in [5, 5.41) is 9.59. The van der Waals surface area contributed by atoms with Crippen molar-refractivity contribution in [1.82, 2.24) is 14.5 Å². The van der Waals surface area contributed by atoms with Crippen molar-refractivity contribution >= 4 is 5.91 Å². The first-order chi connectivity index (χ1) is 10.1. The summed E-state index contributed by atoms with van der Waals surface area (Å²) in [6, 6.07) is 7.62. The van der Waals surface area contributed by atoms with Gasteiger partial charge in [0.2, 0.25) is 0 Å². The van der Waals surface area contributed by atoms with Gasteiger partial charge in [-0.15, -0.1) is 0 Å². The zero-order valence-corrected chi connectivity index (χ0v) is 12.3. The molecule has 0 aromatic carbocycles. The molecule has 1 aliphatic heterocycles. The lowest BCUT2D eigenvalue weighted by molar-refractivity contribution is 0.0764. The molecule has 1 saturated heterocycles. The molecule has 5 heteroatoms. The number of carbonyl (C=O) groups is 1. The summed E-state index contributed by atoms with van der Waals surface area (Å²) in [4.78, 5) is 18.7. The first kappa shape index (κ1) is 13.8. The van der Waals surface area contributed by atoms with Gasteiger partial charge in [-0.1, -0.05) is 6.07 Å². The summed E-state index contributed by atoms with van der Waals surface area (Å²) < 4.78 is 1.99. The molecule has 110 valence electrons.